The molecule has 0 aliphatic carbocycles. The third-order valence-electron chi connectivity index (χ3n) is 12.5. The highest BCUT2D eigenvalue weighted by Crippen LogP contribution is 2.18. The van der Waals surface area contributed by atoms with E-state index in [1.807, 2.05) is 0 Å². The summed E-state index contributed by atoms with van der Waals surface area (Å²) in [6.45, 7) is 13.7. The molecular formula is C54H104O6. The lowest BCUT2D eigenvalue weighted by Gasteiger charge is -2.18. The summed E-state index contributed by atoms with van der Waals surface area (Å²) in [5.74, 6) is 1.64. The highest BCUT2D eigenvalue weighted by atomic mass is 16.6. The summed E-state index contributed by atoms with van der Waals surface area (Å²) in [6, 6.07) is 0. The topological polar surface area (TPSA) is 78.9 Å². The molecule has 0 rings (SSSR count). The van der Waals surface area contributed by atoms with Gasteiger partial charge in [0.2, 0.25) is 0 Å². The molecule has 0 saturated heterocycles. The van der Waals surface area contributed by atoms with Crippen molar-refractivity contribution in [2.24, 2.45) is 17.8 Å². The van der Waals surface area contributed by atoms with Gasteiger partial charge < -0.3 is 14.2 Å². The smallest absolute Gasteiger partial charge is 0.306 e. The number of hydrogen-bond donors (Lipinski definition) is 0. The SMILES string of the molecule is CCC(C)CCCCCCCCC(=O)OC[C@@H](COC(=O)CCCCCCCCCCCCCCCCC(C)C)OC(=O)CCCCCCCCCCCCCCC(C)C. The number of ether oxygens (including phenoxy) is 3. The van der Waals surface area contributed by atoms with Gasteiger partial charge in [-0.05, 0) is 37.0 Å². The fourth-order valence-corrected chi connectivity index (χ4v) is 8.08. The number of hydrogen-bond acceptors (Lipinski definition) is 6. The van der Waals surface area contributed by atoms with Gasteiger partial charge in [-0.3, -0.25) is 14.4 Å². The van der Waals surface area contributed by atoms with Crippen LogP contribution in [0, 0.1) is 17.8 Å². The lowest BCUT2D eigenvalue weighted by Crippen LogP contribution is -2.30. The summed E-state index contributed by atoms with van der Waals surface area (Å²) >= 11 is 0. The molecule has 0 N–H and O–H groups in total. The van der Waals surface area contributed by atoms with E-state index in [-0.39, 0.29) is 31.1 Å². The molecule has 0 spiro atoms. The Morgan fingerprint density at radius 3 is 0.867 bits per heavy atom. The molecular weight excluding hydrogens is 745 g/mol. The minimum absolute atomic E-state index is 0.0649. The van der Waals surface area contributed by atoms with Crippen LogP contribution in [0.2, 0.25) is 0 Å². The molecule has 60 heavy (non-hydrogen) atoms. The van der Waals surface area contributed by atoms with Gasteiger partial charge in [0.05, 0.1) is 0 Å². The Labute approximate surface area is 374 Å². The van der Waals surface area contributed by atoms with Gasteiger partial charge in [-0.15, -0.1) is 0 Å². The Morgan fingerprint density at radius 2 is 0.583 bits per heavy atom. The second kappa shape index (κ2) is 45.4. The van der Waals surface area contributed by atoms with Crippen molar-refractivity contribution in [3.8, 4) is 0 Å². The van der Waals surface area contributed by atoms with Crippen LogP contribution in [-0.4, -0.2) is 37.2 Å². The van der Waals surface area contributed by atoms with Crippen molar-refractivity contribution in [1.82, 2.24) is 0 Å². The van der Waals surface area contributed by atoms with E-state index in [0.717, 1.165) is 75.5 Å². The highest BCUT2D eigenvalue weighted by Gasteiger charge is 2.19. The van der Waals surface area contributed by atoms with Crippen molar-refractivity contribution in [2.45, 2.75) is 298 Å². The van der Waals surface area contributed by atoms with Crippen LogP contribution in [0.3, 0.4) is 0 Å². The van der Waals surface area contributed by atoms with E-state index in [4.69, 9.17) is 14.2 Å². The van der Waals surface area contributed by atoms with Gasteiger partial charge in [0.1, 0.15) is 13.2 Å². The van der Waals surface area contributed by atoms with Crippen molar-refractivity contribution in [3.05, 3.63) is 0 Å². The van der Waals surface area contributed by atoms with Crippen molar-refractivity contribution in [3.63, 3.8) is 0 Å². The van der Waals surface area contributed by atoms with Gasteiger partial charge in [0, 0.05) is 19.3 Å². The molecule has 0 amide bonds. The van der Waals surface area contributed by atoms with E-state index in [9.17, 15) is 14.4 Å². The highest BCUT2D eigenvalue weighted by molar-refractivity contribution is 5.71. The average Bonchev–Trinajstić information content (AvgIpc) is 3.22. The van der Waals surface area contributed by atoms with E-state index < -0.39 is 6.10 Å². The van der Waals surface area contributed by atoms with E-state index in [1.54, 1.807) is 0 Å². The molecule has 0 fully saturated rings. The van der Waals surface area contributed by atoms with Crippen LogP contribution in [0.25, 0.3) is 0 Å². The van der Waals surface area contributed by atoms with E-state index >= 15 is 0 Å². The van der Waals surface area contributed by atoms with Crippen molar-refractivity contribution >= 4 is 17.9 Å². The van der Waals surface area contributed by atoms with Crippen molar-refractivity contribution in [2.75, 3.05) is 13.2 Å². The summed E-state index contributed by atoms with van der Waals surface area (Å²) < 4.78 is 16.8. The third-order valence-corrected chi connectivity index (χ3v) is 12.5. The number of esters is 3. The zero-order valence-corrected chi connectivity index (χ0v) is 41.3. The second-order valence-electron chi connectivity index (χ2n) is 19.7. The Kier molecular flexibility index (Phi) is 44.2. The molecule has 0 aliphatic rings. The minimum Gasteiger partial charge on any atom is -0.462 e. The van der Waals surface area contributed by atoms with Crippen molar-refractivity contribution in [1.29, 1.82) is 0 Å². The van der Waals surface area contributed by atoms with Crippen LogP contribution < -0.4 is 0 Å². The quantitative estimate of drug-likeness (QED) is 0.0345. The normalized spacial score (nSPS) is 12.6. The molecule has 0 radical (unpaired) electrons. The minimum atomic E-state index is -0.763. The molecule has 0 aromatic heterocycles. The molecule has 0 heterocycles. The maximum Gasteiger partial charge on any atom is 0.306 e. The Balaban J connectivity index is 4.28. The van der Waals surface area contributed by atoms with Gasteiger partial charge in [0.15, 0.2) is 6.10 Å². The number of carbonyl (C=O) groups is 3. The maximum absolute atomic E-state index is 12.8. The third kappa shape index (κ3) is 45.9. The summed E-state index contributed by atoms with van der Waals surface area (Å²) in [5, 5.41) is 0. The van der Waals surface area contributed by atoms with E-state index in [2.05, 4.69) is 41.5 Å². The van der Waals surface area contributed by atoms with Crippen LogP contribution in [-0.2, 0) is 28.6 Å². The molecule has 0 aliphatic heterocycles. The van der Waals surface area contributed by atoms with Gasteiger partial charge in [-0.1, -0.05) is 253 Å². The fourth-order valence-electron chi connectivity index (χ4n) is 8.08. The van der Waals surface area contributed by atoms with E-state index in [1.165, 1.54) is 173 Å². The Hall–Kier alpha value is -1.59. The molecule has 356 valence electrons. The van der Waals surface area contributed by atoms with Crippen LogP contribution in [0.4, 0.5) is 0 Å². The van der Waals surface area contributed by atoms with Crippen molar-refractivity contribution < 1.29 is 28.6 Å². The average molecular weight is 849 g/mol. The van der Waals surface area contributed by atoms with Gasteiger partial charge >= 0.3 is 17.9 Å². The van der Waals surface area contributed by atoms with Crippen LogP contribution >= 0.6 is 0 Å². The molecule has 6 nitrogen and oxygen atoms in total. The maximum atomic E-state index is 12.8. The van der Waals surface area contributed by atoms with Crippen LogP contribution in [0.5, 0.6) is 0 Å². The Morgan fingerprint density at radius 1 is 0.333 bits per heavy atom. The summed E-state index contributed by atoms with van der Waals surface area (Å²) in [7, 11) is 0. The first-order valence-electron chi connectivity index (χ1n) is 26.6. The zero-order valence-electron chi connectivity index (χ0n) is 41.3. The second-order valence-corrected chi connectivity index (χ2v) is 19.7. The fraction of sp³-hybridized carbons (Fsp3) is 0.944. The molecule has 0 aromatic rings. The van der Waals surface area contributed by atoms with Crippen LogP contribution in [0.15, 0.2) is 0 Å². The number of unbranched alkanes of at least 4 members (excludes halogenated alkanes) is 29. The predicted molar refractivity (Wildman–Crippen MR) is 256 cm³/mol. The van der Waals surface area contributed by atoms with Crippen LogP contribution in [0.1, 0.15) is 292 Å². The van der Waals surface area contributed by atoms with Gasteiger partial charge in [-0.25, -0.2) is 0 Å². The molecule has 0 bridgehead atoms. The molecule has 1 unspecified atom stereocenters. The number of rotatable bonds is 47. The van der Waals surface area contributed by atoms with Gasteiger partial charge in [-0.2, -0.15) is 0 Å². The molecule has 2 atom stereocenters. The summed E-state index contributed by atoms with van der Waals surface area (Å²) in [5.41, 5.74) is 0. The largest absolute Gasteiger partial charge is 0.462 e. The van der Waals surface area contributed by atoms with E-state index in [0.29, 0.717) is 19.3 Å². The molecule has 0 saturated carbocycles. The molecule has 0 aromatic carbocycles. The predicted octanol–water partition coefficient (Wildman–Crippen LogP) is 17.2. The monoisotopic (exact) mass is 849 g/mol. The first-order valence-corrected chi connectivity index (χ1v) is 26.6. The lowest BCUT2D eigenvalue weighted by molar-refractivity contribution is -0.167. The molecule has 6 heteroatoms. The zero-order chi connectivity index (χ0) is 44.2. The Bertz CT molecular complexity index is 931. The summed E-state index contributed by atoms with van der Waals surface area (Å²) in [4.78, 5) is 38.0. The standard InChI is InChI=1S/C54H104O6/c1-7-50(6)42-36-30-26-27-32-38-44-53(56)59-47-51(60-54(57)45-39-33-25-21-17-13-12-15-19-23-29-35-41-49(4)5)46-58-52(55)43-37-31-24-20-16-11-9-8-10-14-18-22-28-34-40-48(2)3/h48-51H,7-47H2,1-6H3/t50?,51-/m1/s1. The summed E-state index contributed by atoms with van der Waals surface area (Å²) in [6.07, 6.45) is 45.2. The first-order chi connectivity index (χ1) is 29.1. The lowest BCUT2D eigenvalue weighted by atomic mass is 10.00. The van der Waals surface area contributed by atoms with Gasteiger partial charge in [0.25, 0.3) is 0 Å². The number of carbonyl (C=O) groups excluding carboxylic acids is 3. The first kappa shape index (κ1) is 58.4.